The van der Waals surface area contributed by atoms with Gasteiger partial charge in [0.05, 0.1) is 5.56 Å². The monoisotopic (exact) mass is 379 g/mol. The van der Waals surface area contributed by atoms with Crippen LogP contribution in [0, 0.1) is 0 Å². The molecule has 3 rings (SSSR count). The maximum absolute atomic E-state index is 12.8. The van der Waals surface area contributed by atoms with Gasteiger partial charge in [-0.15, -0.1) is 0 Å². The second-order valence-electron chi connectivity index (χ2n) is 6.32. The van der Waals surface area contributed by atoms with Crippen LogP contribution in [0.25, 0.3) is 11.1 Å². The van der Waals surface area contributed by atoms with E-state index in [1.54, 1.807) is 18.2 Å². The molecule has 9 heteroatoms. The molecule has 0 bridgehead atoms. The summed E-state index contributed by atoms with van der Waals surface area (Å²) in [4.78, 5) is 28.2. The number of halogens is 3. The van der Waals surface area contributed by atoms with Gasteiger partial charge in [0.15, 0.2) is 11.5 Å². The number of alkyl halides is 3. The molecule has 142 valence electrons. The third kappa shape index (κ3) is 4.18. The number of anilines is 1. The predicted molar refractivity (Wildman–Crippen MR) is 92.4 cm³/mol. The zero-order chi connectivity index (χ0) is 19.8. The molecule has 0 unspecified atom stereocenters. The molecule has 6 nitrogen and oxygen atoms in total. The molecular weight excluding hydrogens is 363 g/mol. The molecule has 1 N–H and O–H groups in total. The number of fused-ring (bicyclic) bond motifs is 1. The third-order valence-electron chi connectivity index (χ3n) is 3.81. The number of aromatic nitrogens is 2. The molecule has 27 heavy (non-hydrogen) atoms. The highest BCUT2D eigenvalue weighted by Crippen LogP contribution is 2.28. The zero-order valence-corrected chi connectivity index (χ0v) is 14.5. The van der Waals surface area contributed by atoms with Crippen molar-refractivity contribution in [1.82, 2.24) is 9.55 Å². The topological polar surface area (TPSA) is 77.1 Å². The lowest BCUT2D eigenvalue weighted by molar-refractivity contribution is -0.138. The number of benzene rings is 1. The van der Waals surface area contributed by atoms with Crippen molar-refractivity contribution in [1.29, 1.82) is 0 Å². The molecule has 0 spiro atoms. The van der Waals surface area contributed by atoms with Gasteiger partial charge in [-0.05, 0) is 24.3 Å². The van der Waals surface area contributed by atoms with Crippen molar-refractivity contribution < 1.29 is 22.4 Å². The predicted octanol–water partition coefficient (Wildman–Crippen LogP) is 3.77. The standard InChI is InChI=1S/C18H16F3N3O3/c1-10(2)17-23-13-7-12(4-5-14(13)27-17)22-15(25)9-24-8-11(18(19,20)21)3-6-16(24)26/h3-8,10H,9H2,1-2H3,(H,22,25). The molecule has 0 aliphatic rings. The van der Waals surface area contributed by atoms with Crippen LogP contribution in [0.4, 0.5) is 18.9 Å². The summed E-state index contributed by atoms with van der Waals surface area (Å²) in [6.07, 6.45) is -3.98. The smallest absolute Gasteiger partial charge is 0.417 e. The lowest BCUT2D eigenvalue weighted by atomic mass is 10.2. The summed E-state index contributed by atoms with van der Waals surface area (Å²) in [6, 6.07) is 6.29. The van der Waals surface area contributed by atoms with Crippen LogP contribution in [0.5, 0.6) is 0 Å². The van der Waals surface area contributed by atoms with E-state index in [0.29, 0.717) is 39.5 Å². The fraction of sp³-hybridized carbons (Fsp3) is 0.278. The molecule has 3 aromatic rings. The summed E-state index contributed by atoms with van der Waals surface area (Å²) >= 11 is 0. The first-order valence-electron chi connectivity index (χ1n) is 8.11. The van der Waals surface area contributed by atoms with Crippen LogP contribution in [0.3, 0.4) is 0 Å². The summed E-state index contributed by atoms with van der Waals surface area (Å²) in [5.41, 5.74) is -0.193. The summed E-state index contributed by atoms with van der Waals surface area (Å²) in [6.45, 7) is 3.32. The molecule has 0 saturated carbocycles. The molecule has 2 aromatic heterocycles. The molecule has 0 radical (unpaired) electrons. The average Bonchev–Trinajstić information content (AvgIpc) is 2.99. The minimum Gasteiger partial charge on any atom is -0.440 e. The van der Waals surface area contributed by atoms with E-state index in [4.69, 9.17) is 4.42 Å². The molecule has 0 aliphatic carbocycles. The van der Waals surface area contributed by atoms with E-state index < -0.39 is 29.8 Å². The number of rotatable bonds is 4. The van der Waals surface area contributed by atoms with Gasteiger partial charge in [0.1, 0.15) is 12.1 Å². The minimum atomic E-state index is -4.60. The Labute approximate surface area is 151 Å². The first-order valence-corrected chi connectivity index (χ1v) is 8.11. The molecule has 0 atom stereocenters. The highest BCUT2D eigenvalue weighted by Gasteiger charge is 2.31. The van der Waals surface area contributed by atoms with Crippen molar-refractivity contribution in [3.05, 3.63) is 58.3 Å². The Bertz CT molecular complexity index is 1050. The van der Waals surface area contributed by atoms with Gasteiger partial charge in [0.25, 0.3) is 5.56 Å². The molecule has 2 heterocycles. The molecular formula is C18H16F3N3O3. The lowest BCUT2D eigenvalue weighted by Gasteiger charge is -2.11. The second-order valence-corrected chi connectivity index (χ2v) is 6.32. The Morgan fingerprint density at radius 2 is 2.00 bits per heavy atom. The van der Waals surface area contributed by atoms with Gasteiger partial charge in [0, 0.05) is 23.9 Å². The first-order chi connectivity index (χ1) is 12.6. The van der Waals surface area contributed by atoms with Crippen LogP contribution in [0.2, 0.25) is 0 Å². The van der Waals surface area contributed by atoms with Crippen molar-refractivity contribution in [2.45, 2.75) is 32.5 Å². The zero-order valence-electron chi connectivity index (χ0n) is 14.5. The number of amides is 1. The quantitative estimate of drug-likeness (QED) is 0.749. The molecule has 1 aromatic carbocycles. The van der Waals surface area contributed by atoms with Crippen LogP contribution in [0.15, 0.2) is 45.7 Å². The fourth-order valence-electron chi connectivity index (χ4n) is 2.45. The normalized spacial score (nSPS) is 11.9. The molecule has 1 amide bonds. The third-order valence-corrected chi connectivity index (χ3v) is 3.81. The number of nitrogens with one attached hydrogen (secondary N) is 1. The van der Waals surface area contributed by atoms with Gasteiger partial charge in [-0.1, -0.05) is 13.8 Å². The number of hydrogen-bond donors (Lipinski definition) is 1. The summed E-state index contributed by atoms with van der Waals surface area (Å²) in [5.74, 6) is 0.0237. The van der Waals surface area contributed by atoms with Crippen LogP contribution in [-0.4, -0.2) is 15.5 Å². The van der Waals surface area contributed by atoms with E-state index in [1.807, 2.05) is 13.8 Å². The number of carbonyl (C=O) groups is 1. The first kappa shape index (κ1) is 18.7. The van der Waals surface area contributed by atoms with Crippen LogP contribution in [-0.2, 0) is 17.5 Å². The van der Waals surface area contributed by atoms with Gasteiger partial charge in [-0.2, -0.15) is 13.2 Å². The number of hydrogen-bond acceptors (Lipinski definition) is 4. The van der Waals surface area contributed by atoms with E-state index in [-0.39, 0.29) is 5.92 Å². The van der Waals surface area contributed by atoms with Crippen molar-refractivity contribution >= 4 is 22.7 Å². The molecule has 0 aliphatic heterocycles. The van der Waals surface area contributed by atoms with Crippen LogP contribution >= 0.6 is 0 Å². The number of oxazole rings is 1. The number of nitrogens with zero attached hydrogens (tertiary/aromatic N) is 2. The van der Waals surface area contributed by atoms with E-state index in [2.05, 4.69) is 10.3 Å². The fourth-order valence-corrected chi connectivity index (χ4v) is 2.45. The summed E-state index contributed by atoms with van der Waals surface area (Å²) in [7, 11) is 0. The van der Waals surface area contributed by atoms with Crippen molar-refractivity contribution in [3.8, 4) is 0 Å². The summed E-state index contributed by atoms with van der Waals surface area (Å²) in [5, 5.41) is 2.54. The van der Waals surface area contributed by atoms with Crippen LogP contribution < -0.4 is 10.9 Å². The lowest BCUT2D eigenvalue weighted by Crippen LogP contribution is -2.28. The SMILES string of the molecule is CC(C)c1nc2cc(NC(=O)Cn3cc(C(F)(F)F)ccc3=O)ccc2o1. The van der Waals surface area contributed by atoms with Gasteiger partial charge in [-0.3, -0.25) is 9.59 Å². The Morgan fingerprint density at radius 3 is 2.67 bits per heavy atom. The Hall–Kier alpha value is -3.10. The van der Waals surface area contributed by atoms with E-state index in [9.17, 15) is 22.8 Å². The minimum absolute atomic E-state index is 0.100. The largest absolute Gasteiger partial charge is 0.440 e. The summed E-state index contributed by atoms with van der Waals surface area (Å²) < 4.78 is 44.6. The Morgan fingerprint density at radius 1 is 1.26 bits per heavy atom. The highest BCUT2D eigenvalue weighted by atomic mass is 19.4. The average molecular weight is 379 g/mol. The number of pyridine rings is 1. The van der Waals surface area contributed by atoms with Crippen molar-refractivity contribution in [2.24, 2.45) is 0 Å². The van der Waals surface area contributed by atoms with Gasteiger partial charge < -0.3 is 14.3 Å². The van der Waals surface area contributed by atoms with Gasteiger partial charge >= 0.3 is 6.18 Å². The number of carbonyl (C=O) groups excluding carboxylic acids is 1. The van der Waals surface area contributed by atoms with E-state index >= 15 is 0 Å². The van der Waals surface area contributed by atoms with Crippen molar-refractivity contribution in [2.75, 3.05) is 5.32 Å². The second kappa shape index (κ2) is 6.90. The van der Waals surface area contributed by atoms with Gasteiger partial charge in [0.2, 0.25) is 5.91 Å². The van der Waals surface area contributed by atoms with E-state index in [1.165, 1.54) is 0 Å². The Balaban J connectivity index is 1.78. The van der Waals surface area contributed by atoms with Gasteiger partial charge in [-0.25, -0.2) is 4.98 Å². The van der Waals surface area contributed by atoms with E-state index in [0.717, 1.165) is 6.07 Å². The molecule has 0 saturated heterocycles. The van der Waals surface area contributed by atoms with Crippen molar-refractivity contribution in [3.63, 3.8) is 0 Å². The Kier molecular flexibility index (Phi) is 4.77. The molecule has 0 fully saturated rings. The highest BCUT2D eigenvalue weighted by molar-refractivity contribution is 5.92. The maximum atomic E-state index is 12.8. The van der Waals surface area contributed by atoms with Crippen LogP contribution in [0.1, 0.15) is 31.2 Å². The maximum Gasteiger partial charge on any atom is 0.417 e.